The standard InChI is InChI=1S/C15H27N3/c1-3-13-11-14(18(4-2)17-13)9-10-15(16)12-7-5-6-8-12/h11-12,15H,3-10,16H2,1-2H3. The lowest BCUT2D eigenvalue weighted by Gasteiger charge is -2.18. The molecule has 0 aliphatic heterocycles. The van der Waals surface area contributed by atoms with E-state index in [1.807, 2.05) is 0 Å². The number of rotatable bonds is 6. The summed E-state index contributed by atoms with van der Waals surface area (Å²) in [5.41, 5.74) is 8.90. The fourth-order valence-electron chi connectivity index (χ4n) is 3.10. The van der Waals surface area contributed by atoms with Crippen molar-refractivity contribution in [3.8, 4) is 0 Å². The van der Waals surface area contributed by atoms with E-state index in [4.69, 9.17) is 5.73 Å². The van der Waals surface area contributed by atoms with Gasteiger partial charge in [-0.05, 0) is 51.0 Å². The number of hydrogen-bond donors (Lipinski definition) is 1. The van der Waals surface area contributed by atoms with E-state index >= 15 is 0 Å². The molecule has 0 spiro atoms. The maximum atomic E-state index is 6.33. The summed E-state index contributed by atoms with van der Waals surface area (Å²) in [4.78, 5) is 0. The molecule has 1 atom stereocenters. The van der Waals surface area contributed by atoms with Crippen LogP contribution in [0.15, 0.2) is 6.07 Å². The molecule has 1 fully saturated rings. The number of nitrogens with zero attached hydrogens (tertiary/aromatic N) is 2. The highest BCUT2D eigenvalue weighted by molar-refractivity contribution is 5.11. The molecule has 3 heteroatoms. The smallest absolute Gasteiger partial charge is 0.0624 e. The number of aryl methyl sites for hydroxylation is 3. The normalized spacial score (nSPS) is 18.4. The van der Waals surface area contributed by atoms with Crippen LogP contribution in [0.1, 0.15) is 57.3 Å². The van der Waals surface area contributed by atoms with Gasteiger partial charge in [0.15, 0.2) is 0 Å². The van der Waals surface area contributed by atoms with Gasteiger partial charge in [0.1, 0.15) is 0 Å². The molecule has 0 saturated heterocycles. The van der Waals surface area contributed by atoms with Crippen molar-refractivity contribution in [3.05, 3.63) is 17.5 Å². The first kappa shape index (κ1) is 13.6. The van der Waals surface area contributed by atoms with Crippen molar-refractivity contribution in [2.24, 2.45) is 11.7 Å². The topological polar surface area (TPSA) is 43.8 Å². The van der Waals surface area contributed by atoms with E-state index in [1.54, 1.807) is 0 Å². The SMILES string of the molecule is CCc1cc(CCC(N)C2CCCC2)n(CC)n1. The number of nitrogens with two attached hydrogens (primary N) is 1. The minimum Gasteiger partial charge on any atom is -0.327 e. The molecule has 1 aromatic rings. The van der Waals surface area contributed by atoms with E-state index < -0.39 is 0 Å². The van der Waals surface area contributed by atoms with Crippen molar-refractivity contribution in [1.29, 1.82) is 0 Å². The molecule has 0 bridgehead atoms. The Morgan fingerprint density at radius 1 is 1.39 bits per heavy atom. The summed E-state index contributed by atoms with van der Waals surface area (Å²) >= 11 is 0. The molecule has 1 unspecified atom stereocenters. The number of aromatic nitrogens is 2. The molecule has 1 heterocycles. The average molecular weight is 249 g/mol. The van der Waals surface area contributed by atoms with E-state index in [0.29, 0.717) is 6.04 Å². The molecule has 1 aliphatic rings. The zero-order chi connectivity index (χ0) is 13.0. The highest BCUT2D eigenvalue weighted by Crippen LogP contribution is 2.28. The molecular weight excluding hydrogens is 222 g/mol. The molecule has 1 saturated carbocycles. The van der Waals surface area contributed by atoms with Crippen LogP contribution in [-0.4, -0.2) is 15.8 Å². The van der Waals surface area contributed by atoms with Gasteiger partial charge in [0, 0.05) is 18.3 Å². The summed E-state index contributed by atoms with van der Waals surface area (Å²) in [6, 6.07) is 2.64. The van der Waals surface area contributed by atoms with Crippen molar-refractivity contribution in [2.75, 3.05) is 0 Å². The van der Waals surface area contributed by atoms with E-state index in [1.165, 1.54) is 37.1 Å². The third-order valence-electron chi connectivity index (χ3n) is 4.31. The Morgan fingerprint density at radius 2 is 2.11 bits per heavy atom. The third kappa shape index (κ3) is 3.14. The summed E-state index contributed by atoms with van der Waals surface area (Å²) < 4.78 is 2.14. The first-order chi connectivity index (χ1) is 8.74. The van der Waals surface area contributed by atoms with Gasteiger partial charge in [0.25, 0.3) is 0 Å². The van der Waals surface area contributed by atoms with Gasteiger partial charge in [-0.15, -0.1) is 0 Å². The van der Waals surface area contributed by atoms with Crippen LogP contribution in [0.3, 0.4) is 0 Å². The van der Waals surface area contributed by atoms with E-state index in [2.05, 4.69) is 29.7 Å². The Balaban J connectivity index is 1.90. The molecule has 1 aromatic heterocycles. The Labute approximate surface area is 111 Å². The van der Waals surface area contributed by atoms with Crippen molar-refractivity contribution in [2.45, 2.75) is 71.4 Å². The van der Waals surface area contributed by atoms with Crippen molar-refractivity contribution in [1.82, 2.24) is 9.78 Å². The Hall–Kier alpha value is -0.830. The summed E-state index contributed by atoms with van der Waals surface area (Å²) in [5, 5.41) is 4.60. The fourth-order valence-corrected chi connectivity index (χ4v) is 3.10. The van der Waals surface area contributed by atoms with Crippen LogP contribution in [0.5, 0.6) is 0 Å². The van der Waals surface area contributed by atoms with Crippen molar-refractivity contribution >= 4 is 0 Å². The van der Waals surface area contributed by atoms with Gasteiger partial charge in [-0.1, -0.05) is 19.8 Å². The van der Waals surface area contributed by atoms with Crippen LogP contribution in [-0.2, 0) is 19.4 Å². The van der Waals surface area contributed by atoms with Crippen LogP contribution in [0.2, 0.25) is 0 Å². The van der Waals surface area contributed by atoms with Crippen LogP contribution in [0.25, 0.3) is 0 Å². The monoisotopic (exact) mass is 249 g/mol. The highest BCUT2D eigenvalue weighted by atomic mass is 15.3. The molecule has 102 valence electrons. The van der Waals surface area contributed by atoms with Crippen molar-refractivity contribution in [3.63, 3.8) is 0 Å². The predicted octanol–water partition coefficient (Wildman–Crippen LogP) is 2.92. The lowest BCUT2D eigenvalue weighted by molar-refractivity contribution is 0.406. The summed E-state index contributed by atoms with van der Waals surface area (Å²) in [5.74, 6) is 0.772. The molecule has 3 nitrogen and oxygen atoms in total. The first-order valence-electron chi connectivity index (χ1n) is 7.55. The van der Waals surface area contributed by atoms with Gasteiger partial charge < -0.3 is 5.73 Å². The molecule has 2 rings (SSSR count). The second-order valence-corrected chi connectivity index (χ2v) is 5.54. The van der Waals surface area contributed by atoms with Gasteiger partial charge in [0.2, 0.25) is 0 Å². The van der Waals surface area contributed by atoms with Gasteiger partial charge >= 0.3 is 0 Å². The molecule has 2 N–H and O–H groups in total. The maximum absolute atomic E-state index is 6.33. The Morgan fingerprint density at radius 3 is 2.72 bits per heavy atom. The lowest BCUT2D eigenvalue weighted by atomic mass is 9.94. The third-order valence-corrected chi connectivity index (χ3v) is 4.31. The summed E-state index contributed by atoms with van der Waals surface area (Å²) in [6.45, 7) is 5.29. The number of hydrogen-bond acceptors (Lipinski definition) is 2. The second-order valence-electron chi connectivity index (χ2n) is 5.54. The quantitative estimate of drug-likeness (QED) is 0.842. The zero-order valence-electron chi connectivity index (χ0n) is 11.9. The van der Waals surface area contributed by atoms with E-state index in [9.17, 15) is 0 Å². The fraction of sp³-hybridized carbons (Fsp3) is 0.800. The van der Waals surface area contributed by atoms with Gasteiger partial charge in [-0.2, -0.15) is 5.10 Å². The summed E-state index contributed by atoms with van der Waals surface area (Å²) in [7, 11) is 0. The molecule has 0 amide bonds. The Kier molecular flexibility index (Phi) is 4.81. The van der Waals surface area contributed by atoms with Crippen LogP contribution in [0, 0.1) is 5.92 Å². The van der Waals surface area contributed by atoms with Crippen LogP contribution in [0.4, 0.5) is 0 Å². The van der Waals surface area contributed by atoms with Crippen molar-refractivity contribution < 1.29 is 0 Å². The van der Waals surface area contributed by atoms with Gasteiger partial charge in [-0.3, -0.25) is 4.68 Å². The second kappa shape index (κ2) is 6.37. The molecule has 18 heavy (non-hydrogen) atoms. The maximum Gasteiger partial charge on any atom is 0.0624 e. The first-order valence-corrected chi connectivity index (χ1v) is 7.55. The minimum atomic E-state index is 0.387. The summed E-state index contributed by atoms with van der Waals surface area (Å²) in [6.07, 6.45) is 8.66. The molecule has 0 radical (unpaired) electrons. The molecule has 0 aromatic carbocycles. The average Bonchev–Trinajstić information content (AvgIpc) is 3.04. The van der Waals surface area contributed by atoms with Crippen LogP contribution >= 0.6 is 0 Å². The highest BCUT2D eigenvalue weighted by Gasteiger charge is 2.22. The lowest BCUT2D eigenvalue weighted by Crippen LogP contribution is -2.29. The Bertz CT molecular complexity index is 364. The predicted molar refractivity (Wildman–Crippen MR) is 75.5 cm³/mol. The molecule has 1 aliphatic carbocycles. The zero-order valence-corrected chi connectivity index (χ0v) is 11.9. The van der Waals surface area contributed by atoms with E-state index in [-0.39, 0.29) is 0 Å². The van der Waals surface area contributed by atoms with Gasteiger partial charge in [0.05, 0.1) is 5.69 Å². The molecular formula is C15H27N3. The largest absolute Gasteiger partial charge is 0.327 e. The van der Waals surface area contributed by atoms with E-state index in [0.717, 1.165) is 31.7 Å². The van der Waals surface area contributed by atoms with Crippen LogP contribution < -0.4 is 5.73 Å². The van der Waals surface area contributed by atoms with Gasteiger partial charge in [-0.25, -0.2) is 0 Å². The minimum absolute atomic E-state index is 0.387.